The summed E-state index contributed by atoms with van der Waals surface area (Å²) < 4.78 is 23.5. The molecule has 1 fully saturated rings. The standard InChI is InChI=1S/C20H38O5Si/c1-11-16-20(7,25-19(5,6)23-16)13-12-15(14-17(21)22-8)24-26(9,10)18(2,3)4/h11,15-16H,1,12-14H2,2-10H3/t15-,16+,20-/m0/s1. The maximum absolute atomic E-state index is 11.9. The highest BCUT2D eigenvalue weighted by atomic mass is 28.4. The van der Waals surface area contributed by atoms with E-state index in [0.717, 1.165) is 0 Å². The van der Waals surface area contributed by atoms with Crippen LogP contribution >= 0.6 is 0 Å². The fourth-order valence-corrected chi connectivity index (χ4v) is 4.47. The smallest absolute Gasteiger partial charge is 0.308 e. The fourth-order valence-electron chi connectivity index (χ4n) is 3.08. The summed E-state index contributed by atoms with van der Waals surface area (Å²) in [5.41, 5.74) is -0.490. The van der Waals surface area contributed by atoms with E-state index in [1.165, 1.54) is 7.11 Å². The molecule has 0 unspecified atom stereocenters. The van der Waals surface area contributed by atoms with E-state index in [2.05, 4.69) is 40.4 Å². The molecule has 0 N–H and O–H groups in total. The average Bonchev–Trinajstić information content (AvgIpc) is 2.72. The summed E-state index contributed by atoms with van der Waals surface area (Å²) in [5, 5.41) is 0.0733. The van der Waals surface area contributed by atoms with E-state index in [1.54, 1.807) is 6.08 Å². The summed E-state index contributed by atoms with van der Waals surface area (Å²) in [7, 11) is -0.588. The summed E-state index contributed by atoms with van der Waals surface area (Å²) in [6.45, 7) is 20.7. The zero-order chi connectivity index (χ0) is 20.4. The van der Waals surface area contributed by atoms with Crippen LogP contribution in [0.2, 0.25) is 18.1 Å². The molecule has 6 heteroatoms. The van der Waals surface area contributed by atoms with Crippen LogP contribution < -0.4 is 0 Å². The van der Waals surface area contributed by atoms with Gasteiger partial charge in [-0.15, -0.1) is 6.58 Å². The van der Waals surface area contributed by atoms with E-state index in [9.17, 15) is 4.79 Å². The van der Waals surface area contributed by atoms with Crippen molar-refractivity contribution in [3.8, 4) is 0 Å². The van der Waals surface area contributed by atoms with Gasteiger partial charge in [0.25, 0.3) is 0 Å². The predicted molar refractivity (Wildman–Crippen MR) is 107 cm³/mol. The minimum Gasteiger partial charge on any atom is -0.469 e. The predicted octanol–water partition coefficient (Wildman–Crippen LogP) is 4.82. The highest BCUT2D eigenvalue weighted by Crippen LogP contribution is 2.42. The molecule has 26 heavy (non-hydrogen) atoms. The molecule has 1 rings (SSSR count). The van der Waals surface area contributed by atoms with Gasteiger partial charge in [0.15, 0.2) is 14.1 Å². The van der Waals surface area contributed by atoms with Crippen LogP contribution in [-0.4, -0.2) is 45.0 Å². The molecule has 1 heterocycles. The van der Waals surface area contributed by atoms with Gasteiger partial charge in [0, 0.05) is 0 Å². The lowest BCUT2D eigenvalue weighted by atomic mass is 9.91. The number of rotatable bonds is 8. The topological polar surface area (TPSA) is 54.0 Å². The van der Waals surface area contributed by atoms with Crippen LogP contribution in [0.4, 0.5) is 0 Å². The van der Waals surface area contributed by atoms with Gasteiger partial charge in [-0.05, 0) is 51.7 Å². The Kier molecular flexibility index (Phi) is 7.30. The molecule has 0 aromatic carbocycles. The zero-order valence-electron chi connectivity index (χ0n) is 18.1. The Hall–Kier alpha value is -0.693. The van der Waals surface area contributed by atoms with E-state index in [1.807, 2.05) is 20.8 Å². The average molecular weight is 387 g/mol. The lowest BCUT2D eigenvalue weighted by molar-refractivity contribution is -0.161. The Balaban J connectivity index is 2.89. The molecule has 1 aliphatic heterocycles. The van der Waals surface area contributed by atoms with Crippen molar-refractivity contribution in [2.75, 3.05) is 7.11 Å². The van der Waals surface area contributed by atoms with E-state index in [4.69, 9.17) is 18.6 Å². The van der Waals surface area contributed by atoms with Crippen LogP contribution in [0.1, 0.15) is 60.8 Å². The summed E-state index contributed by atoms with van der Waals surface area (Å²) >= 11 is 0. The molecule has 0 aromatic heterocycles. The highest BCUT2D eigenvalue weighted by Gasteiger charge is 2.49. The molecule has 0 bridgehead atoms. The summed E-state index contributed by atoms with van der Waals surface area (Å²) in [4.78, 5) is 11.9. The van der Waals surface area contributed by atoms with E-state index >= 15 is 0 Å². The van der Waals surface area contributed by atoms with Crippen molar-refractivity contribution in [3.63, 3.8) is 0 Å². The van der Waals surface area contributed by atoms with E-state index in [-0.39, 0.29) is 29.6 Å². The number of methoxy groups -OCH3 is 1. The Labute approximate surface area is 160 Å². The molecule has 0 radical (unpaired) electrons. The molecule has 0 aliphatic carbocycles. The van der Waals surface area contributed by atoms with Crippen molar-refractivity contribution >= 4 is 14.3 Å². The third kappa shape index (κ3) is 5.91. The summed E-state index contributed by atoms with van der Waals surface area (Å²) in [5.74, 6) is -0.894. The van der Waals surface area contributed by atoms with Gasteiger partial charge in [0.2, 0.25) is 0 Å². The molecular formula is C20H38O5Si. The second-order valence-corrected chi connectivity index (χ2v) is 14.2. The van der Waals surface area contributed by atoms with Gasteiger partial charge >= 0.3 is 5.97 Å². The molecular weight excluding hydrogens is 348 g/mol. The van der Waals surface area contributed by atoms with Crippen molar-refractivity contribution in [2.24, 2.45) is 0 Å². The lowest BCUT2D eigenvalue weighted by Crippen LogP contribution is -2.45. The maximum atomic E-state index is 11.9. The van der Waals surface area contributed by atoms with Crippen molar-refractivity contribution < 1.29 is 23.4 Å². The van der Waals surface area contributed by atoms with Gasteiger partial charge in [-0.1, -0.05) is 26.8 Å². The summed E-state index contributed by atoms with van der Waals surface area (Å²) in [6, 6.07) is 0. The van der Waals surface area contributed by atoms with Crippen molar-refractivity contribution in [2.45, 2.75) is 103 Å². The minimum atomic E-state index is -2.00. The van der Waals surface area contributed by atoms with Gasteiger partial charge in [0.05, 0.1) is 25.2 Å². The number of esters is 1. The summed E-state index contributed by atoms with van der Waals surface area (Å²) in [6.07, 6.45) is 3.06. The number of hydrogen-bond donors (Lipinski definition) is 0. The first kappa shape index (κ1) is 23.3. The first-order valence-corrected chi connectivity index (χ1v) is 12.3. The zero-order valence-corrected chi connectivity index (χ0v) is 19.1. The molecule has 0 amide bonds. The van der Waals surface area contributed by atoms with Crippen molar-refractivity contribution in [1.29, 1.82) is 0 Å². The highest BCUT2D eigenvalue weighted by molar-refractivity contribution is 6.74. The normalized spacial score (nSPS) is 27.2. The van der Waals surface area contributed by atoms with E-state index < -0.39 is 19.7 Å². The number of hydrogen-bond acceptors (Lipinski definition) is 5. The number of ether oxygens (including phenoxy) is 3. The minimum absolute atomic E-state index is 0.0733. The van der Waals surface area contributed by atoms with Gasteiger partial charge in [-0.2, -0.15) is 0 Å². The van der Waals surface area contributed by atoms with Gasteiger partial charge in [-0.25, -0.2) is 0 Å². The second kappa shape index (κ2) is 8.13. The molecule has 3 atom stereocenters. The van der Waals surface area contributed by atoms with Crippen LogP contribution in [0.25, 0.3) is 0 Å². The Morgan fingerprint density at radius 1 is 1.31 bits per heavy atom. The number of carbonyl (C=O) groups is 1. The van der Waals surface area contributed by atoms with E-state index in [0.29, 0.717) is 12.8 Å². The Morgan fingerprint density at radius 3 is 2.35 bits per heavy atom. The molecule has 1 aliphatic rings. The third-order valence-electron chi connectivity index (χ3n) is 5.56. The Morgan fingerprint density at radius 2 is 1.88 bits per heavy atom. The van der Waals surface area contributed by atoms with Crippen LogP contribution in [0, 0.1) is 0 Å². The quantitative estimate of drug-likeness (QED) is 0.340. The van der Waals surface area contributed by atoms with Crippen LogP contribution in [0.5, 0.6) is 0 Å². The SMILES string of the molecule is C=C[C@H]1OC(C)(C)O[C@@]1(C)CC[C@@H](CC(=O)OC)O[Si](C)(C)C(C)(C)C. The molecule has 1 saturated heterocycles. The van der Waals surface area contributed by atoms with Gasteiger partial charge in [0.1, 0.15) is 6.10 Å². The fraction of sp³-hybridized carbons (Fsp3) is 0.850. The maximum Gasteiger partial charge on any atom is 0.308 e. The third-order valence-corrected chi connectivity index (χ3v) is 10.1. The number of carbonyl (C=O) groups excluding carboxylic acids is 1. The first-order chi connectivity index (χ1) is 11.7. The first-order valence-electron chi connectivity index (χ1n) is 9.41. The van der Waals surface area contributed by atoms with Gasteiger partial charge < -0.3 is 18.6 Å². The van der Waals surface area contributed by atoms with Gasteiger partial charge in [-0.3, -0.25) is 4.79 Å². The van der Waals surface area contributed by atoms with Crippen LogP contribution in [0.3, 0.4) is 0 Å². The van der Waals surface area contributed by atoms with Crippen LogP contribution in [-0.2, 0) is 23.4 Å². The molecule has 0 aromatic rings. The largest absolute Gasteiger partial charge is 0.469 e. The lowest BCUT2D eigenvalue weighted by Gasteiger charge is -2.40. The molecule has 0 saturated carbocycles. The van der Waals surface area contributed by atoms with Crippen LogP contribution in [0.15, 0.2) is 12.7 Å². The molecule has 152 valence electrons. The molecule has 0 spiro atoms. The monoisotopic (exact) mass is 386 g/mol. The van der Waals surface area contributed by atoms with Crippen molar-refractivity contribution in [1.82, 2.24) is 0 Å². The second-order valence-electron chi connectivity index (χ2n) is 9.41. The van der Waals surface area contributed by atoms with Crippen molar-refractivity contribution in [3.05, 3.63) is 12.7 Å². The molecule has 5 nitrogen and oxygen atoms in total. The Bertz CT molecular complexity index is 509.